The molecule has 0 nitrogen and oxygen atoms in total. The Hall–Kier alpha value is 0.800. The predicted molar refractivity (Wildman–Crippen MR) is 112 cm³/mol. The lowest BCUT2D eigenvalue weighted by Gasteiger charge is -2.27. The van der Waals surface area contributed by atoms with Gasteiger partial charge in [0.1, 0.15) is 0 Å². The van der Waals surface area contributed by atoms with E-state index in [1.165, 1.54) is 41.2 Å². The van der Waals surface area contributed by atoms with E-state index in [0.717, 1.165) is 10.5 Å². The molecule has 1 saturated heterocycles. The summed E-state index contributed by atoms with van der Waals surface area (Å²) in [7, 11) is 0. The maximum absolute atomic E-state index is 2.27. The number of hydrogen-bond acceptors (Lipinski definition) is 6. The average molecular weight is 405 g/mol. The van der Waals surface area contributed by atoms with Crippen molar-refractivity contribution in [2.75, 3.05) is 23.0 Å². The Balaban J connectivity index is 1.35. The van der Waals surface area contributed by atoms with Gasteiger partial charge in [-0.2, -0.15) is 23.5 Å². The van der Waals surface area contributed by atoms with Crippen molar-refractivity contribution in [2.45, 2.75) is 32.8 Å². The Morgan fingerprint density at radius 3 is 1.59 bits per heavy atom. The van der Waals surface area contributed by atoms with E-state index in [0.29, 0.717) is 0 Å². The van der Waals surface area contributed by atoms with Crippen LogP contribution in [0.2, 0.25) is 0 Å². The molecular formula is C16H20S6. The fraction of sp³-hybridized carbons (Fsp3) is 0.500. The van der Waals surface area contributed by atoms with Crippen molar-refractivity contribution in [2.24, 2.45) is 0 Å². The maximum atomic E-state index is 2.27. The van der Waals surface area contributed by atoms with Crippen LogP contribution in [0.1, 0.15) is 9.75 Å². The Morgan fingerprint density at radius 1 is 0.818 bits per heavy atom. The van der Waals surface area contributed by atoms with Crippen molar-refractivity contribution in [1.82, 2.24) is 0 Å². The molecule has 0 saturated carbocycles. The zero-order chi connectivity index (χ0) is 15.4. The Morgan fingerprint density at radius 2 is 1.27 bits per heavy atom. The van der Waals surface area contributed by atoms with Crippen LogP contribution in [-0.4, -0.2) is 33.5 Å². The molecule has 22 heavy (non-hydrogen) atoms. The molecule has 2 atom stereocenters. The topological polar surface area (TPSA) is 0 Å². The molecule has 6 heteroatoms. The van der Waals surface area contributed by atoms with E-state index in [-0.39, 0.29) is 0 Å². The van der Waals surface area contributed by atoms with Gasteiger partial charge in [-0.25, -0.2) is 0 Å². The quantitative estimate of drug-likeness (QED) is 0.502. The zero-order valence-corrected chi connectivity index (χ0v) is 17.6. The van der Waals surface area contributed by atoms with Gasteiger partial charge in [-0.3, -0.25) is 0 Å². The Kier molecular flexibility index (Phi) is 7.02. The number of thioether (sulfide) groups is 4. The van der Waals surface area contributed by atoms with Gasteiger partial charge in [-0.05, 0) is 38.1 Å². The lowest BCUT2D eigenvalue weighted by molar-refractivity contribution is 1.06. The highest BCUT2D eigenvalue weighted by Gasteiger charge is 2.22. The molecule has 1 aliphatic rings. The Labute approximate surface area is 158 Å². The van der Waals surface area contributed by atoms with E-state index in [1.54, 1.807) is 0 Å². The van der Waals surface area contributed by atoms with Crippen LogP contribution < -0.4 is 0 Å². The van der Waals surface area contributed by atoms with Gasteiger partial charge in [-0.1, -0.05) is 0 Å². The smallest absolute Gasteiger partial charge is 0.0601 e. The molecule has 2 unspecified atom stereocenters. The summed E-state index contributed by atoms with van der Waals surface area (Å²) in [6, 6.07) is 9.01. The minimum atomic E-state index is 0.822. The second-order valence-corrected chi connectivity index (χ2v) is 13.1. The summed E-state index contributed by atoms with van der Waals surface area (Å²) in [5.74, 6) is 5.16. The van der Waals surface area contributed by atoms with Gasteiger partial charge in [0.25, 0.3) is 0 Å². The molecule has 0 N–H and O–H groups in total. The second-order valence-electron chi connectivity index (χ2n) is 5.26. The summed E-state index contributed by atoms with van der Waals surface area (Å²) in [5.41, 5.74) is 0. The van der Waals surface area contributed by atoms with Crippen molar-refractivity contribution in [3.63, 3.8) is 0 Å². The van der Waals surface area contributed by atoms with Gasteiger partial charge in [0.15, 0.2) is 0 Å². The number of hydrogen-bond donors (Lipinski definition) is 0. The molecule has 2 aromatic rings. The molecule has 1 fully saturated rings. The predicted octanol–water partition coefficient (Wildman–Crippen LogP) is 6.53. The van der Waals surface area contributed by atoms with Crippen LogP contribution in [0, 0.1) is 13.8 Å². The zero-order valence-electron chi connectivity index (χ0n) is 12.7. The molecule has 0 amide bonds. The van der Waals surface area contributed by atoms with E-state index in [1.807, 2.05) is 46.2 Å². The molecule has 0 bridgehead atoms. The molecule has 0 aromatic carbocycles. The van der Waals surface area contributed by atoms with Crippen LogP contribution >= 0.6 is 69.7 Å². The van der Waals surface area contributed by atoms with Crippen LogP contribution in [0.15, 0.2) is 32.7 Å². The fourth-order valence-corrected chi connectivity index (χ4v) is 10.1. The van der Waals surface area contributed by atoms with Crippen LogP contribution in [-0.2, 0) is 0 Å². The average Bonchev–Trinajstić information content (AvgIpc) is 3.12. The molecule has 0 radical (unpaired) electrons. The van der Waals surface area contributed by atoms with Crippen LogP contribution in [0.25, 0.3) is 0 Å². The summed E-state index contributed by atoms with van der Waals surface area (Å²) in [5, 5.41) is 1.64. The van der Waals surface area contributed by atoms with Gasteiger partial charge in [0, 0.05) is 43.3 Å². The fourth-order valence-electron chi connectivity index (χ4n) is 2.11. The van der Waals surface area contributed by atoms with Crippen molar-refractivity contribution in [3.8, 4) is 0 Å². The minimum absolute atomic E-state index is 0.822. The molecule has 2 aromatic heterocycles. The first-order valence-corrected chi connectivity index (χ1v) is 13.0. The van der Waals surface area contributed by atoms with Crippen molar-refractivity contribution in [1.29, 1.82) is 0 Å². The summed E-state index contributed by atoms with van der Waals surface area (Å²) < 4.78 is 2.96. The third-order valence-corrected chi connectivity index (χ3v) is 11.7. The number of thiophene rings is 2. The summed E-state index contributed by atoms with van der Waals surface area (Å²) >= 11 is 12.3. The summed E-state index contributed by atoms with van der Waals surface area (Å²) in [6.07, 6.45) is 0. The summed E-state index contributed by atoms with van der Waals surface area (Å²) in [6.45, 7) is 4.38. The molecule has 120 valence electrons. The van der Waals surface area contributed by atoms with Crippen LogP contribution in [0.4, 0.5) is 0 Å². The Bertz CT molecular complexity index is 527. The van der Waals surface area contributed by atoms with E-state index in [9.17, 15) is 0 Å². The van der Waals surface area contributed by atoms with Gasteiger partial charge < -0.3 is 0 Å². The van der Waals surface area contributed by atoms with Crippen molar-refractivity contribution < 1.29 is 0 Å². The van der Waals surface area contributed by atoms with Gasteiger partial charge in [0.05, 0.1) is 8.42 Å². The maximum Gasteiger partial charge on any atom is 0.0601 e. The highest BCUT2D eigenvalue weighted by atomic mass is 32.2. The van der Waals surface area contributed by atoms with Crippen molar-refractivity contribution in [3.05, 3.63) is 34.0 Å². The van der Waals surface area contributed by atoms with E-state index >= 15 is 0 Å². The van der Waals surface area contributed by atoms with E-state index in [4.69, 9.17) is 0 Å². The second kappa shape index (κ2) is 8.77. The minimum Gasteiger partial charge on any atom is -0.156 e. The van der Waals surface area contributed by atoms with E-state index < -0.39 is 0 Å². The largest absolute Gasteiger partial charge is 0.156 e. The monoisotopic (exact) mass is 404 g/mol. The van der Waals surface area contributed by atoms with E-state index in [2.05, 4.69) is 61.6 Å². The first-order chi connectivity index (χ1) is 10.7. The molecule has 3 heterocycles. The molecular weight excluding hydrogens is 385 g/mol. The third kappa shape index (κ3) is 5.42. The standard InChI is InChI=1S/C16H20S6/c1-11-3-5-15(21-11)19-9-13-7-18-14(8-17-13)10-20-16-6-4-12(2)22-16/h3-6,13-14H,7-10H2,1-2H3. The van der Waals surface area contributed by atoms with Crippen LogP contribution in [0.5, 0.6) is 0 Å². The molecule has 0 spiro atoms. The first-order valence-electron chi connectivity index (χ1n) is 7.31. The lowest BCUT2D eigenvalue weighted by atomic mass is 10.5. The SMILES string of the molecule is Cc1ccc(SCC2CSC(CSc3ccc(C)s3)CS2)s1. The molecule has 3 rings (SSSR count). The van der Waals surface area contributed by atoms with Crippen LogP contribution in [0.3, 0.4) is 0 Å². The summed E-state index contributed by atoms with van der Waals surface area (Å²) in [4.78, 5) is 2.85. The molecule has 0 aliphatic carbocycles. The van der Waals surface area contributed by atoms with Gasteiger partial charge in [0.2, 0.25) is 0 Å². The van der Waals surface area contributed by atoms with Crippen molar-refractivity contribution >= 4 is 69.7 Å². The first kappa shape index (κ1) is 17.6. The molecule has 1 aliphatic heterocycles. The number of rotatable bonds is 6. The normalized spacial score (nSPS) is 22.1. The van der Waals surface area contributed by atoms with Gasteiger partial charge >= 0.3 is 0 Å². The number of aryl methyl sites for hydroxylation is 2. The van der Waals surface area contributed by atoms with Gasteiger partial charge in [-0.15, -0.1) is 46.2 Å². The third-order valence-electron chi connectivity index (χ3n) is 3.29. The highest BCUT2D eigenvalue weighted by molar-refractivity contribution is 8.09. The lowest BCUT2D eigenvalue weighted by Crippen LogP contribution is -2.24. The highest BCUT2D eigenvalue weighted by Crippen LogP contribution is 2.37.